The molecule has 2 rings (SSSR count). The first kappa shape index (κ1) is 14.8. The molecule has 19 heavy (non-hydrogen) atoms. The molecule has 2 aromatic rings. The van der Waals surface area contributed by atoms with Crippen molar-refractivity contribution in [1.82, 2.24) is 0 Å². The molecule has 100 valence electrons. The zero-order chi connectivity index (χ0) is 13.7. The van der Waals surface area contributed by atoms with Crippen molar-refractivity contribution in [1.29, 1.82) is 0 Å². The zero-order valence-corrected chi connectivity index (χ0v) is 13.7. The predicted molar refractivity (Wildman–Crippen MR) is 89.0 cm³/mol. The smallest absolute Gasteiger partial charge is 0.0918 e. The molecule has 0 aliphatic heterocycles. The van der Waals surface area contributed by atoms with Gasteiger partial charge in [0.1, 0.15) is 0 Å². The summed E-state index contributed by atoms with van der Waals surface area (Å²) in [7, 11) is 0. The van der Waals surface area contributed by atoms with Crippen molar-refractivity contribution >= 4 is 34.2 Å². The van der Waals surface area contributed by atoms with E-state index in [9.17, 15) is 0 Å². The highest BCUT2D eigenvalue weighted by Gasteiger charge is 2.10. The third-order valence-electron chi connectivity index (χ3n) is 2.89. The molecule has 2 aromatic carbocycles. The van der Waals surface area contributed by atoms with Crippen molar-refractivity contribution in [3.8, 4) is 0 Å². The van der Waals surface area contributed by atoms with Gasteiger partial charge in [0.05, 0.1) is 12.7 Å². The largest absolute Gasteiger partial charge is 0.368 e. The Labute approximate surface area is 133 Å². The second kappa shape index (κ2) is 7.27. The van der Waals surface area contributed by atoms with E-state index in [0.29, 0.717) is 6.61 Å². The Morgan fingerprint density at radius 2 is 1.95 bits per heavy atom. The second-order valence-electron chi connectivity index (χ2n) is 4.50. The van der Waals surface area contributed by atoms with Gasteiger partial charge < -0.3 is 4.74 Å². The topological polar surface area (TPSA) is 9.23 Å². The SMILES string of the molecule is Cc1cccc(C(CI)OCc2cccc(Cl)c2)c1. The van der Waals surface area contributed by atoms with Gasteiger partial charge in [0.25, 0.3) is 0 Å². The molecule has 1 atom stereocenters. The van der Waals surface area contributed by atoms with Crippen molar-refractivity contribution in [2.45, 2.75) is 19.6 Å². The number of ether oxygens (including phenoxy) is 1. The molecule has 0 saturated heterocycles. The number of halogens is 2. The van der Waals surface area contributed by atoms with Gasteiger partial charge in [0.15, 0.2) is 0 Å². The minimum atomic E-state index is 0.125. The number of hydrogen-bond acceptors (Lipinski definition) is 1. The molecule has 0 aromatic heterocycles. The lowest BCUT2D eigenvalue weighted by atomic mass is 10.1. The first-order valence-electron chi connectivity index (χ1n) is 6.17. The molecule has 0 spiro atoms. The Morgan fingerprint density at radius 1 is 1.16 bits per heavy atom. The highest BCUT2D eigenvalue weighted by Crippen LogP contribution is 2.23. The molecule has 1 unspecified atom stereocenters. The zero-order valence-electron chi connectivity index (χ0n) is 10.8. The molecule has 0 N–H and O–H groups in total. The summed E-state index contributed by atoms with van der Waals surface area (Å²) in [5, 5.41) is 0.752. The van der Waals surface area contributed by atoms with Crippen molar-refractivity contribution in [2.75, 3.05) is 4.43 Å². The van der Waals surface area contributed by atoms with E-state index in [2.05, 4.69) is 53.8 Å². The van der Waals surface area contributed by atoms with E-state index in [0.717, 1.165) is 15.0 Å². The van der Waals surface area contributed by atoms with E-state index in [1.54, 1.807) is 0 Å². The lowest BCUT2D eigenvalue weighted by Gasteiger charge is -2.16. The number of rotatable bonds is 5. The van der Waals surface area contributed by atoms with Crippen LogP contribution in [-0.4, -0.2) is 4.43 Å². The van der Waals surface area contributed by atoms with E-state index < -0.39 is 0 Å². The van der Waals surface area contributed by atoms with Crippen LogP contribution in [0.3, 0.4) is 0 Å². The maximum absolute atomic E-state index is 6.01. The number of alkyl halides is 1. The van der Waals surface area contributed by atoms with Crippen LogP contribution in [0, 0.1) is 6.92 Å². The Hall–Kier alpha value is -0.580. The Bertz CT molecular complexity index is 542. The fourth-order valence-corrected chi connectivity index (χ4v) is 2.90. The Balaban J connectivity index is 2.04. The van der Waals surface area contributed by atoms with Gasteiger partial charge in [-0.25, -0.2) is 0 Å². The van der Waals surface area contributed by atoms with Gasteiger partial charge in [-0.2, -0.15) is 0 Å². The van der Waals surface area contributed by atoms with Crippen LogP contribution in [0.4, 0.5) is 0 Å². The molecule has 3 heteroatoms. The summed E-state index contributed by atoms with van der Waals surface area (Å²) in [6.45, 7) is 2.69. The number of hydrogen-bond donors (Lipinski definition) is 0. The van der Waals surface area contributed by atoms with Crippen LogP contribution in [0.25, 0.3) is 0 Å². The molecule has 0 fully saturated rings. The molecule has 0 aliphatic rings. The van der Waals surface area contributed by atoms with Crippen LogP contribution in [0.1, 0.15) is 22.8 Å². The number of benzene rings is 2. The van der Waals surface area contributed by atoms with Gasteiger partial charge >= 0.3 is 0 Å². The fraction of sp³-hybridized carbons (Fsp3) is 0.250. The minimum Gasteiger partial charge on any atom is -0.368 e. The standard InChI is InChI=1S/C16H16ClIO/c1-12-4-2-6-14(8-12)16(10-18)19-11-13-5-3-7-15(17)9-13/h2-9,16H,10-11H2,1H3. The highest BCUT2D eigenvalue weighted by molar-refractivity contribution is 14.1. The summed E-state index contributed by atoms with van der Waals surface area (Å²) in [5.74, 6) is 0. The average Bonchev–Trinajstić information content (AvgIpc) is 2.40. The predicted octanol–water partition coefficient (Wildman–Crippen LogP) is 5.34. The molecule has 0 aliphatic carbocycles. The highest BCUT2D eigenvalue weighted by atomic mass is 127. The maximum atomic E-state index is 6.01. The monoisotopic (exact) mass is 386 g/mol. The molecule has 0 amide bonds. The van der Waals surface area contributed by atoms with Crippen LogP contribution in [0.5, 0.6) is 0 Å². The summed E-state index contributed by atoms with van der Waals surface area (Å²) in [5.41, 5.74) is 3.60. The summed E-state index contributed by atoms with van der Waals surface area (Å²) >= 11 is 8.34. The first-order valence-corrected chi connectivity index (χ1v) is 8.08. The molecular formula is C16H16ClIO. The van der Waals surface area contributed by atoms with Gasteiger partial charge in [-0.1, -0.05) is 76.2 Å². The number of aryl methyl sites for hydroxylation is 1. The third kappa shape index (κ3) is 4.48. The Morgan fingerprint density at radius 3 is 2.63 bits per heavy atom. The summed E-state index contributed by atoms with van der Waals surface area (Å²) < 4.78 is 6.94. The van der Waals surface area contributed by atoms with Gasteiger partial charge in [-0.05, 0) is 30.2 Å². The normalized spacial score (nSPS) is 12.4. The minimum absolute atomic E-state index is 0.125. The lowest BCUT2D eigenvalue weighted by Crippen LogP contribution is -2.06. The van der Waals surface area contributed by atoms with Crippen LogP contribution in [0.15, 0.2) is 48.5 Å². The van der Waals surface area contributed by atoms with E-state index in [-0.39, 0.29) is 6.10 Å². The first-order chi connectivity index (χ1) is 9.19. The van der Waals surface area contributed by atoms with Gasteiger partial charge in [-0.3, -0.25) is 0 Å². The fourth-order valence-electron chi connectivity index (χ4n) is 1.92. The molecule has 0 bridgehead atoms. The second-order valence-corrected chi connectivity index (χ2v) is 5.82. The summed E-state index contributed by atoms with van der Waals surface area (Å²) in [4.78, 5) is 0. The molecule has 1 nitrogen and oxygen atoms in total. The van der Waals surface area contributed by atoms with Crippen molar-refractivity contribution in [2.24, 2.45) is 0 Å². The average molecular weight is 387 g/mol. The van der Waals surface area contributed by atoms with Crippen LogP contribution in [-0.2, 0) is 11.3 Å². The molecule has 0 radical (unpaired) electrons. The van der Waals surface area contributed by atoms with Crippen molar-refractivity contribution in [3.63, 3.8) is 0 Å². The van der Waals surface area contributed by atoms with Gasteiger partial charge in [0.2, 0.25) is 0 Å². The van der Waals surface area contributed by atoms with E-state index in [1.165, 1.54) is 11.1 Å². The lowest BCUT2D eigenvalue weighted by molar-refractivity contribution is 0.0577. The summed E-state index contributed by atoms with van der Waals surface area (Å²) in [6, 6.07) is 16.3. The molecular weight excluding hydrogens is 371 g/mol. The van der Waals surface area contributed by atoms with Gasteiger partial charge in [0, 0.05) is 9.45 Å². The van der Waals surface area contributed by atoms with Crippen LogP contribution in [0.2, 0.25) is 5.02 Å². The third-order valence-corrected chi connectivity index (χ3v) is 3.93. The van der Waals surface area contributed by atoms with Crippen LogP contribution >= 0.6 is 34.2 Å². The molecule has 0 heterocycles. The quantitative estimate of drug-likeness (QED) is 0.498. The van der Waals surface area contributed by atoms with Gasteiger partial charge in [-0.15, -0.1) is 0 Å². The van der Waals surface area contributed by atoms with Crippen LogP contribution < -0.4 is 0 Å². The Kier molecular flexibility index (Phi) is 5.67. The summed E-state index contributed by atoms with van der Waals surface area (Å²) in [6.07, 6.45) is 0.125. The van der Waals surface area contributed by atoms with Crippen molar-refractivity contribution in [3.05, 3.63) is 70.2 Å². The molecule has 0 saturated carbocycles. The van der Waals surface area contributed by atoms with E-state index in [4.69, 9.17) is 16.3 Å². The van der Waals surface area contributed by atoms with Crippen molar-refractivity contribution < 1.29 is 4.74 Å². The van der Waals surface area contributed by atoms with E-state index >= 15 is 0 Å². The maximum Gasteiger partial charge on any atom is 0.0918 e. The van der Waals surface area contributed by atoms with E-state index in [1.807, 2.05) is 24.3 Å².